The van der Waals surface area contributed by atoms with E-state index in [2.05, 4.69) is 10.6 Å². The maximum Gasteiger partial charge on any atom is 0.326 e. The van der Waals surface area contributed by atoms with E-state index in [1.54, 1.807) is 24.3 Å². The van der Waals surface area contributed by atoms with Crippen molar-refractivity contribution in [1.82, 2.24) is 10.6 Å². The number of carboxylic acids is 1. The zero-order valence-electron chi connectivity index (χ0n) is 15.0. The van der Waals surface area contributed by atoms with E-state index >= 15 is 0 Å². The van der Waals surface area contributed by atoms with Crippen LogP contribution in [0.3, 0.4) is 0 Å². The van der Waals surface area contributed by atoms with Crippen LogP contribution in [-0.4, -0.2) is 28.9 Å². The minimum atomic E-state index is -0.998. The quantitative estimate of drug-likeness (QED) is 0.706. The maximum absolute atomic E-state index is 12.2. The summed E-state index contributed by atoms with van der Waals surface area (Å²) in [4.78, 5) is 35.3. The van der Waals surface area contributed by atoms with Crippen molar-refractivity contribution in [2.45, 2.75) is 52.6 Å². The van der Waals surface area contributed by atoms with Crippen LogP contribution in [-0.2, 0) is 16.1 Å². The van der Waals surface area contributed by atoms with Gasteiger partial charge in [0.1, 0.15) is 6.04 Å². The zero-order valence-corrected chi connectivity index (χ0v) is 15.0. The smallest absolute Gasteiger partial charge is 0.326 e. The molecule has 0 spiro atoms. The Morgan fingerprint density at radius 1 is 1.16 bits per heavy atom. The van der Waals surface area contributed by atoms with E-state index < -0.39 is 23.3 Å². The molecule has 1 saturated carbocycles. The molecule has 0 bridgehead atoms. The number of rotatable bonds is 7. The molecule has 0 saturated heterocycles. The van der Waals surface area contributed by atoms with Crippen LogP contribution in [0.15, 0.2) is 24.3 Å². The molecule has 2 amide bonds. The summed E-state index contributed by atoms with van der Waals surface area (Å²) in [6, 6.07) is 5.96. The lowest BCUT2D eigenvalue weighted by atomic mass is 9.95. The largest absolute Gasteiger partial charge is 0.480 e. The van der Waals surface area contributed by atoms with Gasteiger partial charge in [0, 0.05) is 17.5 Å². The second-order valence-electron chi connectivity index (χ2n) is 7.67. The summed E-state index contributed by atoms with van der Waals surface area (Å²) in [5, 5.41) is 14.7. The summed E-state index contributed by atoms with van der Waals surface area (Å²) in [5.74, 6) is -1.02. The molecule has 3 N–H and O–H groups in total. The highest BCUT2D eigenvalue weighted by Crippen LogP contribution is 2.33. The predicted octanol–water partition coefficient (Wildman–Crippen LogP) is 2.33. The molecule has 6 nitrogen and oxygen atoms in total. The third kappa shape index (κ3) is 5.89. The normalized spacial score (nSPS) is 15.3. The van der Waals surface area contributed by atoms with Crippen LogP contribution in [0.5, 0.6) is 0 Å². The van der Waals surface area contributed by atoms with Gasteiger partial charge in [0.2, 0.25) is 5.91 Å². The van der Waals surface area contributed by atoms with Gasteiger partial charge in [-0.05, 0) is 30.0 Å². The Hall–Kier alpha value is -2.37. The second kappa shape index (κ2) is 7.68. The first kappa shape index (κ1) is 19.0. The molecule has 1 aromatic rings. The van der Waals surface area contributed by atoms with E-state index in [9.17, 15) is 19.5 Å². The molecule has 0 aliphatic heterocycles. The third-order valence-corrected chi connectivity index (χ3v) is 4.22. The number of nitrogens with one attached hydrogen (secondary N) is 2. The van der Waals surface area contributed by atoms with Crippen molar-refractivity contribution in [3.63, 3.8) is 0 Å². The van der Waals surface area contributed by atoms with Crippen LogP contribution < -0.4 is 10.6 Å². The van der Waals surface area contributed by atoms with Crippen molar-refractivity contribution in [3.8, 4) is 0 Å². The average molecular weight is 346 g/mol. The predicted molar refractivity (Wildman–Crippen MR) is 94.0 cm³/mol. The van der Waals surface area contributed by atoms with E-state index in [0.29, 0.717) is 24.4 Å². The van der Waals surface area contributed by atoms with Crippen LogP contribution in [0.4, 0.5) is 0 Å². The number of amides is 2. The summed E-state index contributed by atoms with van der Waals surface area (Å²) in [6.45, 7) is 5.92. The Bertz CT molecular complexity index is 642. The third-order valence-electron chi connectivity index (χ3n) is 4.22. The monoisotopic (exact) mass is 346 g/mol. The fourth-order valence-corrected chi connectivity index (χ4v) is 2.37. The Morgan fingerprint density at radius 3 is 2.24 bits per heavy atom. The average Bonchev–Trinajstić information content (AvgIpc) is 3.35. The van der Waals surface area contributed by atoms with Crippen LogP contribution in [0.1, 0.15) is 56.0 Å². The van der Waals surface area contributed by atoms with Crippen LogP contribution >= 0.6 is 0 Å². The first-order chi connectivity index (χ1) is 11.7. The number of carbonyl (C=O) groups excluding carboxylic acids is 2. The molecule has 0 heterocycles. The highest BCUT2D eigenvalue weighted by atomic mass is 16.4. The molecule has 1 aromatic carbocycles. The van der Waals surface area contributed by atoms with Gasteiger partial charge in [-0.1, -0.05) is 45.7 Å². The Labute approximate surface area is 148 Å². The van der Waals surface area contributed by atoms with Crippen molar-refractivity contribution < 1.29 is 19.5 Å². The Balaban J connectivity index is 1.90. The molecule has 0 aromatic heterocycles. The molecular weight excluding hydrogens is 320 g/mol. The molecule has 136 valence electrons. The van der Waals surface area contributed by atoms with Gasteiger partial charge < -0.3 is 15.7 Å². The molecule has 1 fully saturated rings. The van der Waals surface area contributed by atoms with E-state index in [1.807, 2.05) is 20.8 Å². The molecule has 1 aliphatic carbocycles. The van der Waals surface area contributed by atoms with Gasteiger partial charge in [-0.2, -0.15) is 0 Å². The lowest BCUT2D eigenvalue weighted by Crippen LogP contribution is -2.41. The first-order valence-electron chi connectivity index (χ1n) is 8.57. The number of carboxylic acid groups (broad SMARTS) is 1. The Kier molecular flexibility index (Phi) is 5.82. The maximum atomic E-state index is 12.2. The molecule has 1 aliphatic rings. The van der Waals surface area contributed by atoms with Gasteiger partial charge in [-0.25, -0.2) is 4.79 Å². The fourth-order valence-electron chi connectivity index (χ4n) is 2.37. The van der Waals surface area contributed by atoms with Gasteiger partial charge in [-0.3, -0.25) is 9.59 Å². The lowest BCUT2D eigenvalue weighted by molar-refractivity contribution is -0.139. The SMILES string of the molecule is CC(C)(C)C(=O)NCc1ccc(C(=O)NC(CC2CC2)C(=O)O)cc1. The lowest BCUT2D eigenvalue weighted by Gasteiger charge is -2.17. The van der Waals surface area contributed by atoms with Crippen LogP contribution in [0.2, 0.25) is 0 Å². The van der Waals surface area contributed by atoms with Crippen molar-refractivity contribution >= 4 is 17.8 Å². The topological polar surface area (TPSA) is 95.5 Å². The van der Waals surface area contributed by atoms with Crippen molar-refractivity contribution in [2.75, 3.05) is 0 Å². The van der Waals surface area contributed by atoms with Gasteiger partial charge in [0.05, 0.1) is 0 Å². The molecule has 1 unspecified atom stereocenters. The zero-order chi connectivity index (χ0) is 18.6. The summed E-state index contributed by atoms with van der Waals surface area (Å²) in [7, 11) is 0. The fraction of sp³-hybridized carbons (Fsp3) is 0.526. The van der Waals surface area contributed by atoms with Crippen molar-refractivity contribution in [3.05, 3.63) is 35.4 Å². The van der Waals surface area contributed by atoms with Crippen LogP contribution in [0.25, 0.3) is 0 Å². The van der Waals surface area contributed by atoms with E-state index in [0.717, 1.165) is 18.4 Å². The number of hydrogen-bond donors (Lipinski definition) is 3. The molecule has 6 heteroatoms. The second-order valence-corrected chi connectivity index (χ2v) is 7.67. The molecule has 2 rings (SSSR count). The molecule has 25 heavy (non-hydrogen) atoms. The van der Waals surface area contributed by atoms with E-state index in [-0.39, 0.29) is 5.91 Å². The van der Waals surface area contributed by atoms with Crippen LogP contribution in [0, 0.1) is 11.3 Å². The highest BCUT2D eigenvalue weighted by molar-refractivity contribution is 5.96. The van der Waals surface area contributed by atoms with Gasteiger partial charge in [-0.15, -0.1) is 0 Å². The first-order valence-corrected chi connectivity index (χ1v) is 8.57. The number of hydrogen-bond acceptors (Lipinski definition) is 3. The number of aliphatic carboxylic acids is 1. The summed E-state index contributed by atoms with van der Waals surface area (Å²) in [5.41, 5.74) is 0.836. The highest BCUT2D eigenvalue weighted by Gasteiger charge is 2.30. The Morgan fingerprint density at radius 2 is 1.76 bits per heavy atom. The van der Waals surface area contributed by atoms with E-state index in [4.69, 9.17) is 0 Å². The summed E-state index contributed by atoms with van der Waals surface area (Å²) in [6.07, 6.45) is 2.56. The van der Waals surface area contributed by atoms with Crippen molar-refractivity contribution in [2.24, 2.45) is 11.3 Å². The molecule has 0 radical (unpaired) electrons. The molecular formula is C19H26N2O4. The minimum Gasteiger partial charge on any atom is -0.480 e. The number of benzene rings is 1. The summed E-state index contributed by atoms with van der Waals surface area (Å²) >= 11 is 0. The summed E-state index contributed by atoms with van der Waals surface area (Å²) < 4.78 is 0. The number of carbonyl (C=O) groups is 3. The van der Waals surface area contributed by atoms with Gasteiger partial charge in [0.25, 0.3) is 5.91 Å². The van der Waals surface area contributed by atoms with Gasteiger partial charge in [0.15, 0.2) is 0 Å². The van der Waals surface area contributed by atoms with Crippen molar-refractivity contribution in [1.29, 1.82) is 0 Å². The minimum absolute atomic E-state index is 0.0429. The van der Waals surface area contributed by atoms with Gasteiger partial charge >= 0.3 is 5.97 Å². The molecule has 1 atom stereocenters. The standard InChI is InChI=1S/C19H26N2O4/c1-19(2,3)18(25)20-11-13-6-8-14(9-7-13)16(22)21-15(17(23)24)10-12-4-5-12/h6-9,12,15H,4-5,10-11H2,1-3H3,(H,20,25)(H,21,22)(H,23,24). The van der Waals surface area contributed by atoms with E-state index in [1.165, 1.54) is 0 Å².